The van der Waals surface area contributed by atoms with Gasteiger partial charge in [-0.25, -0.2) is 0 Å². The van der Waals surface area contributed by atoms with Gasteiger partial charge in [0.1, 0.15) is 17.3 Å². The van der Waals surface area contributed by atoms with Gasteiger partial charge in [0.15, 0.2) is 0 Å². The quantitative estimate of drug-likeness (QED) is 0.278. The van der Waals surface area contributed by atoms with E-state index in [1.54, 1.807) is 31.4 Å². The lowest BCUT2D eigenvalue weighted by molar-refractivity contribution is -0.134. The fourth-order valence-corrected chi connectivity index (χ4v) is 5.62. The van der Waals surface area contributed by atoms with Crippen molar-refractivity contribution in [3.05, 3.63) is 102 Å². The molecule has 0 aromatic heterocycles. The maximum Gasteiger partial charge on any atom is 0.252 e. The van der Waals surface area contributed by atoms with Crippen LogP contribution in [0, 0.1) is 5.92 Å². The molecule has 0 spiro atoms. The molecule has 4 rings (SSSR count). The van der Waals surface area contributed by atoms with Gasteiger partial charge in [-0.15, -0.1) is 0 Å². The lowest BCUT2D eigenvalue weighted by atomic mass is 9.79. The summed E-state index contributed by atoms with van der Waals surface area (Å²) in [7, 11) is 1.60. The molecule has 1 saturated carbocycles. The molecular formula is C35H43N3O4. The minimum Gasteiger partial charge on any atom is -0.497 e. The van der Waals surface area contributed by atoms with Gasteiger partial charge in [0, 0.05) is 24.4 Å². The third-order valence-electron chi connectivity index (χ3n) is 8.26. The molecule has 0 aliphatic heterocycles. The average molecular weight is 570 g/mol. The second kappa shape index (κ2) is 14.7. The highest BCUT2D eigenvalue weighted by molar-refractivity contribution is 6.00. The number of amides is 3. The van der Waals surface area contributed by atoms with Crippen molar-refractivity contribution in [3.63, 3.8) is 0 Å². The van der Waals surface area contributed by atoms with Crippen molar-refractivity contribution in [2.24, 2.45) is 5.92 Å². The summed E-state index contributed by atoms with van der Waals surface area (Å²) in [5, 5.41) is 9.38. The zero-order chi connectivity index (χ0) is 30.0. The first-order valence-corrected chi connectivity index (χ1v) is 15.0. The predicted octanol–water partition coefficient (Wildman–Crippen LogP) is 5.24. The van der Waals surface area contributed by atoms with E-state index in [4.69, 9.17) is 4.74 Å². The third-order valence-corrected chi connectivity index (χ3v) is 8.26. The van der Waals surface area contributed by atoms with E-state index in [1.807, 2.05) is 74.5 Å². The highest BCUT2D eigenvalue weighted by Crippen LogP contribution is 2.26. The summed E-state index contributed by atoms with van der Waals surface area (Å²) in [4.78, 5) is 41.7. The number of nitrogens with one attached hydrogen (secondary N) is 3. The van der Waals surface area contributed by atoms with Crippen molar-refractivity contribution in [2.75, 3.05) is 7.11 Å². The summed E-state index contributed by atoms with van der Waals surface area (Å²) in [5.74, 6) is -0.535. The molecule has 3 aromatic carbocycles. The normalized spacial score (nSPS) is 15.7. The molecule has 0 saturated heterocycles. The molecule has 7 heteroatoms. The first kappa shape index (κ1) is 30.8. The Kier molecular flexibility index (Phi) is 10.8. The Hall–Kier alpha value is -4.13. The van der Waals surface area contributed by atoms with E-state index >= 15 is 0 Å². The molecule has 1 aliphatic rings. The van der Waals surface area contributed by atoms with E-state index in [0.29, 0.717) is 17.7 Å². The van der Waals surface area contributed by atoms with Crippen LogP contribution in [0.15, 0.2) is 84.9 Å². The number of hydrogen-bond acceptors (Lipinski definition) is 4. The highest BCUT2D eigenvalue weighted by atomic mass is 16.5. The van der Waals surface area contributed by atoms with Crippen LogP contribution in [0.1, 0.15) is 67.4 Å². The molecule has 0 radical (unpaired) electrons. The van der Waals surface area contributed by atoms with Crippen LogP contribution in [0.4, 0.5) is 0 Å². The van der Waals surface area contributed by atoms with Gasteiger partial charge < -0.3 is 20.7 Å². The maximum absolute atomic E-state index is 14.5. The topological polar surface area (TPSA) is 96.5 Å². The summed E-state index contributed by atoms with van der Waals surface area (Å²) in [6.07, 6.45) is 5.82. The minimum absolute atomic E-state index is 0.105. The van der Waals surface area contributed by atoms with E-state index in [1.165, 1.54) is 6.42 Å². The van der Waals surface area contributed by atoms with Crippen LogP contribution in [0.5, 0.6) is 5.75 Å². The second-order valence-corrected chi connectivity index (χ2v) is 11.5. The Bertz CT molecular complexity index is 1310. The number of ether oxygens (including phenoxy) is 1. The zero-order valence-electron chi connectivity index (χ0n) is 24.9. The second-order valence-electron chi connectivity index (χ2n) is 11.5. The first-order valence-electron chi connectivity index (χ1n) is 15.0. The fourth-order valence-electron chi connectivity index (χ4n) is 5.62. The van der Waals surface area contributed by atoms with E-state index in [-0.39, 0.29) is 30.2 Å². The van der Waals surface area contributed by atoms with Crippen LogP contribution in [-0.4, -0.2) is 42.5 Å². The number of methoxy groups -OCH3 is 1. The van der Waals surface area contributed by atoms with E-state index in [0.717, 1.165) is 36.8 Å². The Morgan fingerprint density at radius 3 is 2.05 bits per heavy atom. The number of carbonyl (C=O) groups is 3. The molecule has 42 heavy (non-hydrogen) atoms. The monoisotopic (exact) mass is 569 g/mol. The van der Waals surface area contributed by atoms with Crippen LogP contribution < -0.4 is 20.7 Å². The van der Waals surface area contributed by atoms with Crippen molar-refractivity contribution in [3.8, 4) is 5.75 Å². The van der Waals surface area contributed by atoms with Crippen molar-refractivity contribution < 1.29 is 19.1 Å². The Labute approximate surface area is 249 Å². The Morgan fingerprint density at radius 1 is 0.833 bits per heavy atom. The van der Waals surface area contributed by atoms with Gasteiger partial charge in [0.2, 0.25) is 11.8 Å². The SMILES string of the molecule is COc1ccc(C[C@@](NC(=O)c2ccccc2)(C(=O)N[C@@H](Cc2ccccc2)C(=O)NC2CCCCC2)C(C)C)cc1. The van der Waals surface area contributed by atoms with Gasteiger partial charge in [-0.05, 0) is 54.2 Å². The van der Waals surface area contributed by atoms with Crippen LogP contribution >= 0.6 is 0 Å². The molecule has 3 aromatic rings. The average Bonchev–Trinajstić information content (AvgIpc) is 3.02. The standard InChI is InChI=1S/C35H43N3O4/c1-25(2)35(24-27-19-21-30(42-3)22-20-27,38-32(39)28-15-9-5-10-16-28)34(41)37-31(23-26-13-7-4-8-14-26)33(40)36-29-17-11-6-12-18-29/h4-5,7-10,13-16,19-22,25,29,31H,6,11-12,17-18,23-24H2,1-3H3,(H,36,40)(H,37,41)(H,38,39)/t31-,35-/m0/s1. The summed E-state index contributed by atoms with van der Waals surface area (Å²) >= 11 is 0. The van der Waals surface area contributed by atoms with E-state index < -0.39 is 17.5 Å². The first-order chi connectivity index (χ1) is 20.3. The molecule has 3 N–H and O–H groups in total. The molecule has 0 unspecified atom stereocenters. The molecule has 2 atom stereocenters. The lowest BCUT2D eigenvalue weighted by Crippen LogP contribution is -2.66. The number of carbonyl (C=O) groups excluding carboxylic acids is 3. The van der Waals surface area contributed by atoms with Gasteiger partial charge in [-0.2, -0.15) is 0 Å². The smallest absolute Gasteiger partial charge is 0.252 e. The van der Waals surface area contributed by atoms with Crippen LogP contribution in [0.3, 0.4) is 0 Å². The van der Waals surface area contributed by atoms with Crippen molar-refractivity contribution >= 4 is 17.7 Å². The van der Waals surface area contributed by atoms with Crippen molar-refractivity contribution in [1.29, 1.82) is 0 Å². The van der Waals surface area contributed by atoms with Crippen molar-refractivity contribution in [1.82, 2.24) is 16.0 Å². The number of benzene rings is 3. The molecule has 1 aliphatic carbocycles. The zero-order valence-corrected chi connectivity index (χ0v) is 24.9. The fraction of sp³-hybridized carbons (Fsp3) is 0.400. The van der Waals surface area contributed by atoms with E-state index in [9.17, 15) is 14.4 Å². The summed E-state index contributed by atoms with van der Waals surface area (Å²) in [6, 6.07) is 25.3. The van der Waals surface area contributed by atoms with Gasteiger partial charge in [0.25, 0.3) is 5.91 Å². The molecule has 222 valence electrons. The molecular weight excluding hydrogens is 526 g/mol. The molecule has 3 amide bonds. The highest BCUT2D eigenvalue weighted by Gasteiger charge is 2.44. The summed E-state index contributed by atoms with van der Waals surface area (Å²) in [6.45, 7) is 3.84. The largest absolute Gasteiger partial charge is 0.497 e. The van der Waals surface area contributed by atoms with E-state index in [2.05, 4.69) is 16.0 Å². The van der Waals surface area contributed by atoms with Crippen LogP contribution in [0.25, 0.3) is 0 Å². The lowest BCUT2D eigenvalue weighted by Gasteiger charge is -2.38. The summed E-state index contributed by atoms with van der Waals surface area (Å²) < 4.78 is 5.32. The maximum atomic E-state index is 14.5. The molecule has 0 heterocycles. The number of rotatable bonds is 12. The minimum atomic E-state index is -1.33. The van der Waals surface area contributed by atoms with Gasteiger partial charge in [-0.3, -0.25) is 14.4 Å². The van der Waals surface area contributed by atoms with Crippen molar-refractivity contribution in [2.45, 2.75) is 76.4 Å². The predicted molar refractivity (Wildman–Crippen MR) is 165 cm³/mol. The number of hydrogen-bond donors (Lipinski definition) is 3. The summed E-state index contributed by atoms with van der Waals surface area (Å²) in [5.41, 5.74) is 0.933. The molecule has 0 bridgehead atoms. The van der Waals surface area contributed by atoms with Gasteiger partial charge in [0.05, 0.1) is 7.11 Å². The molecule has 7 nitrogen and oxygen atoms in total. The van der Waals surface area contributed by atoms with Gasteiger partial charge in [-0.1, -0.05) is 93.8 Å². The molecule has 1 fully saturated rings. The van der Waals surface area contributed by atoms with Crippen LogP contribution in [0.2, 0.25) is 0 Å². The third kappa shape index (κ3) is 7.99. The Balaban J connectivity index is 1.66. The Morgan fingerprint density at radius 2 is 1.45 bits per heavy atom. The van der Waals surface area contributed by atoms with Gasteiger partial charge >= 0.3 is 0 Å². The van der Waals surface area contributed by atoms with Crippen LogP contribution in [-0.2, 0) is 22.4 Å².